The van der Waals surface area contributed by atoms with Gasteiger partial charge in [0.1, 0.15) is 23.3 Å². The minimum Gasteiger partial charge on any atom is -1.00 e. The first-order valence-corrected chi connectivity index (χ1v) is 11.4. The van der Waals surface area contributed by atoms with Crippen LogP contribution in [-0.4, -0.2) is 0 Å². The minimum absolute atomic E-state index is 0. The van der Waals surface area contributed by atoms with E-state index < -0.39 is 69.3 Å². The van der Waals surface area contributed by atoms with Gasteiger partial charge in [-0.25, -0.2) is 43.9 Å². The fourth-order valence-electron chi connectivity index (χ4n) is 4.31. The molecular formula is C30H12Cl2F10Hf. The van der Waals surface area contributed by atoms with Crippen LogP contribution in [0.4, 0.5) is 43.9 Å². The number of rotatable bonds is 2. The molecule has 43 heavy (non-hydrogen) atoms. The topological polar surface area (TPSA) is 0 Å². The van der Waals surface area contributed by atoms with Gasteiger partial charge >= 0.3 is 25.8 Å². The Morgan fingerprint density at radius 3 is 0.907 bits per heavy atom. The standard InChI is InChI=1S/2C15H6F5.2ClH.Hf/c2*16-11-10(12(17)14(19)15(20)13(11)18)9-5-7-3-1-2-4-8(7)6-9;;;/h2*1-6H;2*1H;/q2*-1;;;+4/p-2. The van der Waals surface area contributed by atoms with Crippen molar-refractivity contribution in [3.63, 3.8) is 0 Å². The second kappa shape index (κ2) is 14.1. The third-order valence-corrected chi connectivity index (χ3v) is 6.23. The van der Waals surface area contributed by atoms with Crippen LogP contribution in [0.2, 0.25) is 0 Å². The van der Waals surface area contributed by atoms with Crippen LogP contribution in [0, 0.1) is 58.2 Å². The molecule has 0 N–H and O–H groups in total. The Labute approximate surface area is 268 Å². The molecule has 0 radical (unpaired) electrons. The van der Waals surface area contributed by atoms with Crippen LogP contribution in [0.5, 0.6) is 0 Å². The first-order valence-electron chi connectivity index (χ1n) is 11.4. The maximum atomic E-state index is 13.7. The first-order chi connectivity index (χ1) is 19.0. The number of benzene rings is 4. The smallest absolute Gasteiger partial charge is 1.00 e. The van der Waals surface area contributed by atoms with Crippen LogP contribution in [0.3, 0.4) is 0 Å². The van der Waals surface area contributed by atoms with Crippen LogP contribution < -0.4 is 24.8 Å². The van der Waals surface area contributed by atoms with Gasteiger partial charge in [0.05, 0.1) is 0 Å². The molecule has 0 heterocycles. The van der Waals surface area contributed by atoms with E-state index in [1.165, 1.54) is 24.3 Å². The van der Waals surface area contributed by atoms with Gasteiger partial charge in [0.15, 0.2) is 34.9 Å². The fourth-order valence-corrected chi connectivity index (χ4v) is 4.31. The molecule has 0 saturated carbocycles. The zero-order valence-electron chi connectivity index (χ0n) is 21.0. The summed E-state index contributed by atoms with van der Waals surface area (Å²) in [6.07, 6.45) is 0. The van der Waals surface area contributed by atoms with Gasteiger partial charge in [0, 0.05) is 0 Å². The van der Waals surface area contributed by atoms with Crippen molar-refractivity contribution < 1.29 is 94.6 Å². The van der Waals surface area contributed by atoms with Crippen molar-refractivity contribution >= 4 is 21.5 Å². The van der Waals surface area contributed by atoms with E-state index in [4.69, 9.17) is 0 Å². The summed E-state index contributed by atoms with van der Waals surface area (Å²) in [5.41, 5.74) is -1.90. The summed E-state index contributed by atoms with van der Waals surface area (Å²) in [7, 11) is 0. The summed E-state index contributed by atoms with van der Waals surface area (Å²) >= 11 is 0. The van der Waals surface area contributed by atoms with Crippen molar-refractivity contribution in [2.75, 3.05) is 0 Å². The van der Waals surface area contributed by atoms with Gasteiger partial charge in [-0.1, -0.05) is 36.4 Å². The molecule has 0 aliphatic heterocycles. The van der Waals surface area contributed by atoms with Crippen LogP contribution in [0.15, 0.2) is 72.8 Å². The number of hydrogen-bond acceptors (Lipinski definition) is 0. The van der Waals surface area contributed by atoms with Gasteiger partial charge in [0.2, 0.25) is 0 Å². The summed E-state index contributed by atoms with van der Waals surface area (Å²) < 4.78 is 133. The molecule has 6 aromatic rings. The van der Waals surface area contributed by atoms with Crippen molar-refractivity contribution in [1.82, 2.24) is 0 Å². The average Bonchev–Trinajstić information content (AvgIpc) is 3.57. The number of fused-ring (bicyclic) bond motifs is 2. The molecule has 6 rings (SSSR count). The average molecular weight is 812 g/mol. The van der Waals surface area contributed by atoms with Crippen molar-refractivity contribution in [3.8, 4) is 22.3 Å². The number of hydrogen-bond donors (Lipinski definition) is 0. The van der Waals surface area contributed by atoms with Crippen LogP contribution in [-0.2, 0) is 25.8 Å². The Morgan fingerprint density at radius 1 is 0.372 bits per heavy atom. The van der Waals surface area contributed by atoms with Gasteiger partial charge in [-0.15, -0.1) is 69.1 Å². The van der Waals surface area contributed by atoms with Crippen LogP contribution in [0.1, 0.15) is 0 Å². The Morgan fingerprint density at radius 2 is 0.628 bits per heavy atom. The third-order valence-electron chi connectivity index (χ3n) is 6.23. The zero-order valence-corrected chi connectivity index (χ0v) is 26.1. The van der Waals surface area contributed by atoms with E-state index in [2.05, 4.69) is 0 Å². The predicted molar refractivity (Wildman–Crippen MR) is 130 cm³/mol. The molecule has 220 valence electrons. The summed E-state index contributed by atoms with van der Waals surface area (Å²) in [5.74, 6) is -19.4. The van der Waals surface area contributed by atoms with Gasteiger partial charge < -0.3 is 24.8 Å². The molecule has 0 fully saturated rings. The third kappa shape index (κ3) is 6.39. The second-order valence-electron chi connectivity index (χ2n) is 8.64. The van der Waals surface area contributed by atoms with E-state index in [9.17, 15) is 43.9 Å². The summed E-state index contributed by atoms with van der Waals surface area (Å²) in [6, 6.07) is 19.1. The molecule has 13 heteroatoms. The normalized spacial score (nSPS) is 10.5. The molecule has 0 atom stereocenters. The SMILES string of the molecule is Fc1c(F)c(F)c(-c2cc3ccccc3[cH-]2)c(F)c1F.Fc1c(F)c(F)c(-c2cc3ccccc3[cH-]2)c(F)c1F.[Cl-].[Cl-].[Hf+4]. The Hall–Kier alpha value is -3.15. The molecule has 0 nitrogen and oxygen atoms in total. The Kier molecular flexibility index (Phi) is 11.8. The Balaban J connectivity index is 0.000000281. The van der Waals surface area contributed by atoms with E-state index in [1.54, 1.807) is 48.5 Å². The molecule has 0 aliphatic rings. The van der Waals surface area contributed by atoms with Crippen molar-refractivity contribution in [3.05, 3.63) is 131 Å². The maximum Gasteiger partial charge on any atom is 4.00 e. The van der Waals surface area contributed by atoms with E-state index in [1.807, 2.05) is 0 Å². The molecule has 0 aromatic heterocycles. The van der Waals surface area contributed by atoms with E-state index >= 15 is 0 Å². The quantitative estimate of drug-likeness (QED) is 0.0821. The first kappa shape index (κ1) is 36.0. The molecule has 0 unspecified atom stereocenters. The van der Waals surface area contributed by atoms with Crippen LogP contribution >= 0.6 is 0 Å². The van der Waals surface area contributed by atoms with E-state index in [-0.39, 0.29) is 61.8 Å². The maximum absolute atomic E-state index is 13.7. The molecular weight excluding hydrogens is 800 g/mol. The Bertz CT molecular complexity index is 1670. The fraction of sp³-hybridized carbons (Fsp3) is 0. The zero-order chi connectivity index (χ0) is 28.9. The monoisotopic (exact) mass is 812 g/mol. The summed E-state index contributed by atoms with van der Waals surface area (Å²) in [6.45, 7) is 0. The van der Waals surface area contributed by atoms with E-state index in [0.717, 1.165) is 0 Å². The molecule has 0 amide bonds. The summed E-state index contributed by atoms with van der Waals surface area (Å²) in [5, 5.41) is 2.63. The molecule has 0 aliphatic carbocycles. The molecule has 0 saturated heterocycles. The van der Waals surface area contributed by atoms with Gasteiger partial charge in [-0.3, -0.25) is 0 Å². The van der Waals surface area contributed by atoms with Crippen molar-refractivity contribution in [1.29, 1.82) is 0 Å². The van der Waals surface area contributed by atoms with E-state index in [0.29, 0.717) is 21.5 Å². The second-order valence-corrected chi connectivity index (χ2v) is 8.64. The molecule has 0 bridgehead atoms. The molecule has 0 spiro atoms. The number of halogens is 12. The minimum atomic E-state index is -2.15. The molecule has 6 aromatic carbocycles. The summed E-state index contributed by atoms with van der Waals surface area (Å²) in [4.78, 5) is 0. The largest absolute Gasteiger partial charge is 4.00 e. The van der Waals surface area contributed by atoms with Gasteiger partial charge in [-0.2, -0.15) is 0 Å². The van der Waals surface area contributed by atoms with Gasteiger partial charge in [-0.05, 0) is 11.1 Å². The van der Waals surface area contributed by atoms with Crippen LogP contribution in [0.25, 0.3) is 43.8 Å². The van der Waals surface area contributed by atoms with Crippen molar-refractivity contribution in [2.24, 2.45) is 0 Å². The van der Waals surface area contributed by atoms with Gasteiger partial charge in [0.25, 0.3) is 0 Å². The van der Waals surface area contributed by atoms with Crippen molar-refractivity contribution in [2.45, 2.75) is 0 Å². The predicted octanol–water partition coefficient (Wildman–Crippen LogP) is 3.85.